The molecule has 0 atom stereocenters. The number of nitrogens with one attached hydrogen (secondary N) is 1. The number of fused-ring (bicyclic) bond motifs is 2. The van der Waals surface area contributed by atoms with Gasteiger partial charge in [-0.05, 0) is 77.1 Å². The number of hydrogen-bond donors (Lipinski definition) is 1. The molecule has 0 spiro atoms. The lowest BCUT2D eigenvalue weighted by Crippen LogP contribution is -2.13. The smallest absolute Gasteiger partial charge is 0.247 e. The number of imidazole rings is 2. The van der Waals surface area contributed by atoms with Gasteiger partial charge in [0.05, 0.1) is 43.2 Å². The van der Waals surface area contributed by atoms with E-state index in [1.807, 2.05) is 80.4 Å². The molecule has 278 valence electrons. The second kappa shape index (κ2) is 15.7. The van der Waals surface area contributed by atoms with Crippen molar-refractivity contribution in [3.05, 3.63) is 132 Å². The fourth-order valence-corrected chi connectivity index (χ4v) is 6.67. The summed E-state index contributed by atoms with van der Waals surface area (Å²) in [5.74, 6) is 2.38. The second-order valence-electron chi connectivity index (χ2n) is 13.3. The Balaban J connectivity index is 0.000000169. The van der Waals surface area contributed by atoms with Crippen LogP contribution in [0.3, 0.4) is 0 Å². The molecule has 0 unspecified atom stereocenters. The van der Waals surface area contributed by atoms with Crippen molar-refractivity contribution in [2.45, 2.75) is 26.7 Å². The van der Waals surface area contributed by atoms with Gasteiger partial charge in [-0.25, -0.2) is 24.9 Å². The summed E-state index contributed by atoms with van der Waals surface area (Å²) in [5, 5.41) is 0. The summed E-state index contributed by atoms with van der Waals surface area (Å²) in [6, 6.07) is 24.3. The minimum absolute atomic E-state index is 0.0950. The maximum atomic E-state index is 11.3. The van der Waals surface area contributed by atoms with E-state index in [-0.39, 0.29) is 5.56 Å². The Hall–Kier alpha value is -6.82. The predicted octanol–water partition coefficient (Wildman–Crippen LogP) is 8.02. The van der Waals surface area contributed by atoms with E-state index in [0.717, 1.165) is 80.2 Å². The third-order valence-electron chi connectivity index (χ3n) is 9.92. The van der Waals surface area contributed by atoms with Gasteiger partial charge in [0, 0.05) is 81.8 Å². The van der Waals surface area contributed by atoms with Crippen LogP contribution in [0.25, 0.3) is 44.3 Å². The lowest BCUT2D eigenvalue weighted by atomic mass is 10.0. The first kappa shape index (κ1) is 36.5. The molecule has 0 aliphatic heterocycles. The summed E-state index contributed by atoms with van der Waals surface area (Å²) in [6.07, 6.45) is 12.6. The number of hydrogen-bond acceptors (Lipinski definition) is 9. The van der Waals surface area contributed by atoms with E-state index in [9.17, 15) is 4.79 Å². The Kier molecular flexibility index (Phi) is 10.4. The van der Waals surface area contributed by atoms with Crippen molar-refractivity contribution in [3.8, 4) is 28.1 Å². The number of anilines is 4. The molecule has 0 radical (unpaired) electrons. The molecule has 0 saturated heterocycles. The third-order valence-corrected chi connectivity index (χ3v) is 9.92. The molecule has 0 aliphatic carbocycles. The Morgan fingerprint density at radius 2 is 1.13 bits per heavy atom. The first-order chi connectivity index (χ1) is 26.7. The number of H-pyrrole nitrogens is 1. The minimum Gasteiger partial charge on any atom is -0.481 e. The van der Waals surface area contributed by atoms with E-state index in [0.29, 0.717) is 5.88 Å². The maximum absolute atomic E-state index is 11.3. The molecular weight excluding hydrogens is 689 g/mol. The summed E-state index contributed by atoms with van der Waals surface area (Å²) < 4.78 is 9.15. The SMILES string of the molecule is CCc1cc(-c2ccc(=O)[nH]c2)ccc1N(C)c1cc2c(cn1)ncn2C.CCc1cc(-c2ccc(OC)nc2)ccc1N(C)c1cc2c(cn1)ncn2C. The highest BCUT2D eigenvalue weighted by Crippen LogP contribution is 2.33. The van der Waals surface area contributed by atoms with E-state index < -0.39 is 0 Å². The standard InChI is InChI=1S/C22H23N5O.C21H21N5O/c1-5-15-10-16(17-7-9-22(28-4)24-12-17)6-8-19(15)27(3)21-11-20-18(13-23-21)25-14-26(20)2;1-4-14-9-15(16-6-8-21(27)23-11-16)5-7-18(14)26(3)20-10-19-17(12-22-20)24-13-25(19)2/h6-14H,5H2,1-4H3;5-13H,4H2,1-3H3,(H,23,27). The van der Waals surface area contributed by atoms with Gasteiger partial charge in [0.1, 0.15) is 22.7 Å². The van der Waals surface area contributed by atoms with Gasteiger partial charge in [-0.3, -0.25) is 4.79 Å². The van der Waals surface area contributed by atoms with Crippen LogP contribution in [0, 0.1) is 0 Å². The molecule has 0 aliphatic rings. The van der Waals surface area contributed by atoms with Crippen molar-refractivity contribution in [3.63, 3.8) is 0 Å². The Morgan fingerprint density at radius 3 is 1.58 bits per heavy atom. The maximum Gasteiger partial charge on any atom is 0.247 e. The van der Waals surface area contributed by atoms with Crippen LogP contribution >= 0.6 is 0 Å². The third kappa shape index (κ3) is 7.52. The molecule has 0 amide bonds. The molecule has 0 fully saturated rings. The molecule has 55 heavy (non-hydrogen) atoms. The van der Waals surface area contributed by atoms with Crippen molar-refractivity contribution in [1.82, 2.24) is 39.0 Å². The number of rotatable bonds is 9. The molecule has 6 heterocycles. The number of nitrogens with zero attached hydrogens (tertiary/aromatic N) is 9. The van der Waals surface area contributed by atoms with E-state index in [4.69, 9.17) is 4.74 Å². The lowest BCUT2D eigenvalue weighted by Gasteiger charge is -2.22. The molecule has 2 aromatic carbocycles. The molecule has 0 saturated carbocycles. The Morgan fingerprint density at radius 1 is 0.618 bits per heavy atom. The highest BCUT2D eigenvalue weighted by atomic mass is 16.5. The van der Waals surface area contributed by atoms with E-state index in [1.165, 1.54) is 11.1 Å². The van der Waals surface area contributed by atoms with Gasteiger partial charge >= 0.3 is 0 Å². The number of benzene rings is 2. The number of ether oxygens (including phenoxy) is 1. The molecule has 8 aromatic rings. The van der Waals surface area contributed by atoms with Gasteiger partial charge in [0.25, 0.3) is 0 Å². The number of pyridine rings is 4. The monoisotopic (exact) mass is 732 g/mol. The zero-order valence-electron chi connectivity index (χ0n) is 32.1. The topological polar surface area (TPSA) is 123 Å². The first-order valence-corrected chi connectivity index (χ1v) is 18.1. The molecule has 0 bridgehead atoms. The van der Waals surface area contributed by atoms with Crippen molar-refractivity contribution in [1.29, 1.82) is 0 Å². The van der Waals surface area contributed by atoms with Gasteiger partial charge in [-0.15, -0.1) is 0 Å². The Labute approximate surface area is 319 Å². The summed E-state index contributed by atoms with van der Waals surface area (Å²) in [7, 11) is 9.68. The number of aromatic amines is 1. The molecule has 12 heteroatoms. The average molecular weight is 733 g/mol. The number of methoxy groups -OCH3 is 1. The fourth-order valence-electron chi connectivity index (χ4n) is 6.67. The highest BCUT2D eigenvalue weighted by molar-refractivity contribution is 5.81. The normalized spacial score (nSPS) is 11.0. The van der Waals surface area contributed by atoms with E-state index in [1.54, 1.807) is 25.7 Å². The first-order valence-electron chi connectivity index (χ1n) is 18.1. The van der Waals surface area contributed by atoms with Crippen LogP contribution in [0.4, 0.5) is 23.0 Å². The second-order valence-corrected chi connectivity index (χ2v) is 13.3. The van der Waals surface area contributed by atoms with Gasteiger partial charge in [0.2, 0.25) is 11.4 Å². The molecule has 8 rings (SSSR count). The van der Waals surface area contributed by atoms with Crippen molar-refractivity contribution in [2.24, 2.45) is 14.1 Å². The molecule has 12 nitrogen and oxygen atoms in total. The van der Waals surface area contributed by atoms with Crippen molar-refractivity contribution < 1.29 is 4.74 Å². The Bertz CT molecular complexity index is 2640. The summed E-state index contributed by atoms with van der Waals surface area (Å²) in [6.45, 7) is 4.31. The van der Waals surface area contributed by atoms with Crippen LogP contribution in [0.1, 0.15) is 25.0 Å². The zero-order valence-corrected chi connectivity index (χ0v) is 32.1. The summed E-state index contributed by atoms with van der Waals surface area (Å²) in [5.41, 5.74) is 12.8. The van der Waals surface area contributed by atoms with Gasteiger partial charge in [-0.2, -0.15) is 0 Å². The van der Waals surface area contributed by atoms with Crippen LogP contribution < -0.4 is 20.1 Å². The van der Waals surface area contributed by atoms with Crippen LogP contribution in [-0.4, -0.2) is 60.2 Å². The van der Waals surface area contributed by atoms with Crippen LogP contribution in [0.5, 0.6) is 5.88 Å². The molecule has 6 aromatic heterocycles. The quantitative estimate of drug-likeness (QED) is 0.157. The lowest BCUT2D eigenvalue weighted by molar-refractivity contribution is 0.398. The van der Waals surface area contributed by atoms with Gasteiger partial charge in [0.15, 0.2) is 0 Å². The average Bonchev–Trinajstić information content (AvgIpc) is 3.80. The van der Waals surface area contributed by atoms with Crippen LogP contribution in [0.2, 0.25) is 0 Å². The largest absolute Gasteiger partial charge is 0.481 e. The van der Waals surface area contributed by atoms with Crippen molar-refractivity contribution in [2.75, 3.05) is 31.0 Å². The van der Waals surface area contributed by atoms with Crippen molar-refractivity contribution >= 4 is 45.1 Å². The predicted molar refractivity (Wildman–Crippen MR) is 221 cm³/mol. The zero-order chi connectivity index (χ0) is 38.6. The summed E-state index contributed by atoms with van der Waals surface area (Å²) >= 11 is 0. The van der Waals surface area contributed by atoms with Gasteiger partial charge in [-0.1, -0.05) is 26.0 Å². The van der Waals surface area contributed by atoms with Gasteiger partial charge < -0.3 is 28.7 Å². The van der Waals surface area contributed by atoms with E-state index >= 15 is 0 Å². The molecular formula is C43H44N10O2. The number of aryl methyl sites for hydroxylation is 4. The van der Waals surface area contributed by atoms with Crippen LogP contribution in [0.15, 0.2) is 115 Å². The highest BCUT2D eigenvalue weighted by Gasteiger charge is 2.15. The van der Waals surface area contributed by atoms with Crippen LogP contribution in [-0.2, 0) is 26.9 Å². The summed E-state index contributed by atoms with van der Waals surface area (Å²) in [4.78, 5) is 40.4. The molecule has 1 N–H and O–H groups in total. The fraction of sp³-hybridized carbons (Fsp3) is 0.209. The number of aromatic nitrogens is 8. The minimum atomic E-state index is -0.0950. The van der Waals surface area contributed by atoms with E-state index in [2.05, 4.69) is 102 Å².